The van der Waals surface area contributed by atoms with E-state index in [2.05, 4.69) is 33.5 Å². The van der Waals surface area contributed by atoms with Crippen LogP contribution in [0.2, 0.25) is 0 Å². The largest absolute Gasteiger partial charge is 0.419 e. The summed E-state index contributed by atoms with van der Waals surface area (Å²) < 4.78 is 5.89. The Morgan fingerprint density at radius 3 is 2.91 bits per heavy atom. The van der Waals surface area contributed by atoms with Crippen molar-refractivity contribution in [1.82, 2.24) is 15.1 Å². The van der Waals surface area contributed by atoms with Gasteiger partial charge in [0.05, 0.1) is 6.04 Å². The quantitative estimate of drug-likeness (QED) is 0.735. The molecule has 3 aromatic rings. The van der Waals surface area contributed by atoms with Crippen molar-refractivity contribution in [2.45, 2.75) is 25.9 Å². The van der Waals surface area contributed by atoms with Gasteiger partial charge in [-0.3, -0.25) is 4.90 Å². The molecule has 22 heavy (non-hydrogen) atoms. The van der Waals surface area contributed by atoms with Crippen molar-refractivity contribution in [3.05, 3.63) is 58.1 Å². The summed E-state index contributed by atoms with van der Waals surface area (Å²) in [5.74, 6) is 1.29. The van der Waals surface area contributed by atoms with Crippen molar-refractivity contribution >= 4 is 11.3 Å². The van der Waals surface area contributed by atoms with E-state index in [0.29, 0.717) is 11.8 Å². The minimum Gasteiger partial charge on any atom is -0.419 e. The molecular weight excluding hydrogens is 294 g/mol. The third kappa shape index (κ3) is 2.46. The molecule has 4 nitrogen and oxygen atoms in total. The summed E-state index contributed by atoms with van der Waals surface area (Å²) in [5, 5.41) is 10.6. The van der Waals surface area contributed by atoms with E-state index in [1.807, 2.05) is 41.7 Å². The number of hydrogen-bond acceptors (Lipinski definition) is 5. The Kier molecular flexibility index (Phi) is 3.52. The van der Waals surface area contributed by atoms with Crippen LogP contribution in [0, 0.1) is 0 Å². The van der Waals surface area contributed by atoms with Crippen LogP contribution in [0.5, 0.6) is 0 Å². The van der Waals surface area contributed by atoms with E-state index in [0.717, 1.165) is 25.1 Å². The lowest BCUT2D eigenvalue weighted by Gasteiger charge is -2.30. The molecule has 5 heteroatoms. The summed E-state index contributed by atoms with van der Waals surface area (Å²) in [7, 11) is 0. The van der Waals surface area contributed by atoms with Crippen molar-refractivity contribution in [3.8, 4) is 11.5 Å². The van der Waals surface area contributed by atoms with Crippen LogP contribution in [0.4, 0.5) is 0 Å². The minimum absolute atomic E-state index is 0.137. The van der Waals surface area contributed by atoms with E-state index in [-0.39, 0.29) is 6.04 Å². The van der Waals surface area contributed by atoms with Crippen LogP contribution in [0.25, 0.3) is 11.5 Å². The average molecular weight is 311 g/mol. The monoisotopic (exact) mass is 311 g/mol. The first-order valence-corrected chi connectivity index (χ1v) is 8.37. The lowest BCUT2D eigenvalue weighted by atomic mass is 10.1. The van der Waals surface area contributed by atoms with Gasteiger partial charge in [-0.2, -0.15) is 0 Å². The first-order chi connectivity index (χ1) is 10.8. The van der Waals surface area contributed by atoms with Gasteiger partial charge in [0, 0.05) is 23.5 Å². The smallest absolute Gasteiger partial charge is 0.247 e. The average Bonchev–Trinajstić information content (AvgIpc) is 3.23. The topological polar surface area (TPSA) is 42.2 Å². The normalized spacial score (nSPS) is 16.4. The highest BCUT2D eigenvalue weighted by molar-refractivity contribution is 7.10. The van der Waals surface area contributed by atoms with Gasteiger partial charge >= 0.3 is 0 Å². The van der Waals surface area contributed by atoms with Crippen molar-refractivity contribution in [2.75, 3.05) is 6.54 Å². The Morgan fingerprint density at radius 2 is 2.05 bits per heavy atom. The Hall–Kier alpha value is -1.98. The third-order valence-corrected chi connectivity index (χ3v) is 5.23. The molecule has 0 radical (unpaired) electrons. The maximum atomic E-state index is 5.89. The summed E-state index contributed by atoms with van der Waals surface area (Å²) in [5.41, 5.74) is 2.40. The number of hydrogen-bond donors (Lipinski definition) is 0. The lowest BCUT2D eigenvalue weighted by molar-refractivity contribution is 0.168. The highest BCUT2D eigenvalue weighted by atomic mass is 32.1. The fraction of sp³-hybridized carbons (Fsp3) is 0.294. The van der Waals surface area contributed by atoms with Gasteiger partial charge in [-0.15, -0.1) is 21.5 Å². The molecule has 4 rings (SSSR count). The molecule has 2 aromatic heterocycles. The van der Waals surface area contributed by atoms with E-state index >= 15 is 0 Å². The number of rotatable bonds is 3. The van der Waals surface area contributed by atoms with Crippen LogP contribution in [0.3, 0.4) is 0 Å². The standard InChI is InChI=1S/C17H17N3OS/c1-12(20-9-7-15-14(11-20)8-10-22-15)16-18-19-17(21-16)13-5-3-2-4-6-13/h2-6,8,10,12H,7,9,11H2,1H3. The molecule has 1 aliphatic rings. The van der Waals surface area contributed by atoms with E-state index in [4.69, 9.17) is 4.42 Å². The molecule has 1 atom stereocenters. The first-order valence-electron chi connectivity index (χ1n) is 7.49. The molecule has 0 saturated carbocycles. The lowest BCUT2D eigenvalue weighted by Crippen LogP contribution is -2.32. The Bertz CT molecular complexity index is 765. The molecule has 0 saturated heterocycles. The fourth-order valence-corrected chi connectivity index (χ4v) is 3.75. The van der Waals surface area contributed by atoms with Gasteiger partial charge in [0.2, 0.25) is 11.8 Å². The van der Waals surface area contributed by atoms with E-state index in [1.165, 1.54) is 10.4 Å². The predicted molar refractivity (Wildman–Crippen MR) is 86.6 cm³/mol. The van der Waals surface area contributed by atoms with Crippen LogP contribution in [0.1, 0.15) is 29.3 Å². The van der Waals surface area contributed by atoms with Gasteiger partial charge < -0.3 is 4.42 Å². The fourth-order valence-electron chi connectivity index (χ4n) is 2.86. The molecule has 0 aliphatic carbocycles. The molecule has 1 unspecified atom stereocenters. The zero-order valence-corrected chi connectivity index (χ0v) is 13.2. The second-order valence-corrected chi connectivity index (χ2v) is 6.58. The van der Waals surface area contributed by atoms with Gasteiger partial charge in [-0.25, -0.2) is 0 Å². The van der Waals surface area contributed by atoms with Gasteiger partial charge in [0.15, 0.2) is 0 Å². The van der Waals surface area contributed by atoms with Gasteiger partial charge in [-0.05, 0) is 42.5 Å². The van der Waals surface area contributed by atoms with Gasteiger partial charge in [0.25, 0.3) is 0 Å². The molecule has 112 valence electrons. The molecule has 0 bridgehead atoms. The van der Waals surface area contributed by atoms with Crippen LogP contribution < -0.4 is 0 Å². The SMILES string of the molecule is CC(c1nnc(-c2ccccc2)o1)N1CCc2sccc2C1. The van der Waals surface area contributed by atoms with E-state index in [1.54, 1.807) is 0 Å². The van der Waals surface area contributed by atoms with Crippen LogP contribution >= 0.6 is 11.3 Å². The van der Waals surface area contributed by atoms with Crippen molar-refractivity contribution in [1.29, 1.82) is 0 Å². The maximum absolute atomic E-state index is 5.89. The number of benzene rings is 1. The maximum Gasteiger partial charge on any atom is 0.247 e. The second-order valence-electron chi connectivity index (χ2n) is 5.58. The second kappa shape index (κ2) is 5.66. The minimum atomic E-state index is 0.137. The molecule has 0 fully saturated rings. The molecule has 3 heterocycles. The number of aromatic nitrogens is 2. The van der Waals surface area contributed by atoms with E-state index in [9.17, 15) is 0 Å². The van der Waals surface area contributed by atoms with Crippen molar-refractivity contribution in [2.24, 2.45) is 0 Å². The van der Waals surface area contributed by atoms with Crippen LogP contribution in [-0.4, -0.2) is 21.6 Å². The van der Waals surface area contributed by atoms with Crippen molar-refractivity contribution in [3.63, 3.8) is 0 Å². The number of thiophene rings is 1. The number of nitrogens with zero attached hydrogens (tertiary/aromatic N) is 3. The first kappa shape index (κ1) is 13.7. The Morgan fingerprint density at radius 1 is 1.18 bits per heavy atom. The molecule has 1 aliphatic heterocycles. The summed E-state index contributed by atoms with van der Waals surface area (Å²) in [6, 6.07) is 12.3. The van der Waals surface area contributed by atoms with E-state index < -0.39 is 0 Å². The third-order valence-electron chi connectivity index (χ3n) is 4.20. The summed E-state index contributed by atoms with van der Waals surface area (Å²) in [6.45, 7) is 4.14. The summed E-state index contributed by atoms with van der Waals surface area (Å²) in [4.78, 5) is 3.91. The van der Waals surface area contributed by atoms with Crippen LogP contribution in [-0.2, 0) is 13.0 Å². The predicted octanol–water partition coefficient (Wildman–Crippen LogP) is 3.92. The zero-order chi connectivity index (χ0) is 14.9. The van der Waals surface area contributed by atoms with Crippen LogP contribution in [0.15, 0.2) is 46.2 Å². The number of fused-ring (bicyclic) bond motifs is 1. The van der Waals surface area contributed by atoms with Gasteiger partial charge in [0.1, 0.15) is 0 Å². The molecule has 1 aromatic carbocycles. The Labute approximate surface area is 133 Å². The molecule has 0 amide bonds. The summed E-state index contributed by atoms with van der Waals surface area (Å²) in [6.07, 6.45) is 1.11. The summed E-state index contributed by atoms with van der Waals surface area (Å²) >= 11 is 1.86. The zero-order valence-electron chi connectivity index (χ0n) is 12.4. The molecular formula is C17H17N3OS. The molecule has 0 N–H and O–H groups in total. The van der Waals surface area contributed by atoms with Gasteiger partial charge in [-0.1, -0.05) is 18.2 Å². The highest BCUT2D eigenvalue weighted by Crippen LogP contribution is 2.30. The van der Waals surface area contributed by atoms with Crippen molar-refractivity contribution < 1.29 is 4.42 Å². The molecule has 0 spiro atoms. The Balaban J connectivity index is 1.54. The highest BCUT2D eigenvalue weighted by Gasteiger charge is 2.26.